The summed E-state index contributed by atoms with van der Waals surface area (Å²) < 4.78 is 10.1. The molecule has 0 spiro atoms. The van der Waals surface area contributed by atoms with E-state index in [2.05, 4.69) is 0 Å². The molecule has 1 aromatic rings. The van der Waals surface area contributed by atoms with E-state index >= 15 is 0 Å². The first-order chi connectivity index (χ1) is 10.4. The number of aliphatic hydroxyl groups is 1. The van der Waals surface area contributed by atoms with E-state index in [1.165, 1.54) is 18.2 Å². The predicted molar refractivity (Wildman–Crippen MR) is 79.7 cm³/mol. The Hall–Kier alpha value is -2.34. The number of hydrogen-bond donors (Lipinski definition) is 2. The van der Waals surface area contributed by atoms with Gasteiger partial charge in [-0.2, -0.15) is 0 Å². The highest BCUT2D eigenvalue weighted by atomic mass is 16.5. The van der Waals surface area contributed by atoms with Crippen LogP contribution in [-0.2, 0) is 9.47 Å². The third-order valence-corrected chi connectivity index (χ3v) is 2.67. The highest BCUT2D eigenvalue weighted by Crippen LogP contribution is 2.11. The van der Waals surface area contributed by atoms with E-state index in [1.54, 1.807) is 12.3 Å². The van der Waals surface area contributed by atoms with Gasteiger partial charge in [-0.15, -0.1) is 0 Å². The number of esters is 1. The molecular weight excluding hydrogens is 288 g/mol. The molecule has 0 amide bonds. The predicted octanol–water partition coefficient (Wildman–Crippen LogP) is 2.23. The van der Waals surface area contributed by atoms with Gasteiger partial charge < -0.3 is 19.7 Å². The first-order valence-electron chi connectivity index (χ1n) is 6.84. The highest BCUT2D eigenvalue weighted by molar-refractivity contribution is 6.02. The number of benzene rings is 1. The van der Waals surface area contributed by atoms with Gasteiger partial charge in [0.25, 0.3) is 0 Å². The molecule has 1 rings (SSSR count). The summed E-state index contributed by atoms with van der Waals surface area (Å²) in [5.41, 5.74) is 0.836. The molecule has 0 aromatic heterocycles. The standard InChI is InChI=1S/C16H20O6/c1-11(2)9-21-8-7-12(17)10-22-16(20)14-6-4-3-5-13(14)15(18)19/h3-6,9,12,17H,7-8,10H2,1-2H3,(H,18,19). The van der Waals surface area contributed by atoms with Crippen LogP contribution in [0.4, 0.5) is 0 Å². The first kappa shape index (κ1) is 17.7. The van der Waals surface area contributed by atoms with Crippen molar-refractivity contribution in [2.45, 2.75) is 26.4 Å². The van der Waals surface area contributed by atoms with Crippen LogP contribution in [0, 0.1) is 0 Å². The third-order valence-electron chi connectivity index (χ3n) is 2.67. The molecule has 0 heterocycles. The Bertz CT molecular complexity index is 545. The molecule has 1 atom stereocenters. The monoisotopic (exact) mass is 308 g/mol. The van der Waals surface area contributed by atoms with Crippen molar-refractivity contribution in [1.82, 2.24) is 0 Å². The number of ether oxygens (including phenoxy) is 2. The number of rotatable bonds is 8. The number of hydrogen-bond acceptors (Lipinski definition) is 5. The maximum atomic E-state index is 11.9. The van der Waals surface area contributed by atoms with Crippen molar-refractivity contribution in [3.63, 3.8) is 0 Å². The van der Waals surface area contributed by atoms with E-state index in [0.29, 0.717) is 13.0 Å². The Labute approximate surface area is 129 Å². The fourth-order valence-corrected chi connectivity index (χ4v) is 1.61. The zero-order chi connectivity index (χ0) is 16.5. The van der Waals surface area contributed by atoms with E-state index in [1.807, 2.05) is 13.8 Å². The summed E-state index contributed by atoms with van der Waals surface area (Å²) in [6, 6.07) is 5.76. The minimum atomic E-state index is -1.21. The quantitative estimate of drug-likeness (QED) is 0.434. The zero-order valence-electron chi connectivity index (χ0n) is 12.6. The second-order valence-electron chi connectivity index (χ2n) is 4.96. The van der Waals surface area contributed by atoms with Crippen LogP contribution in [-0.4, -0.2) is 41.5 Å². The van der Waals surface area contributed by atoms with Gasteiger partial charge in [-0.3, -0.25) is 0 Å². The molecule has 1 unspecified atom stereocenters. The Balaban J connectivity index is 2.46. The van der Waals surface area contributed by atoms with E-state index in [0.717, 1.165) is 5.57 Å². The van der Waals surface area contributed by atoms with Crippen molar-refractivity contribution in [2.24, 2.45) is 0 Å². The fraction of sp³-hybridized carbons (Fsp3) is 0.375. The second kappa shape index (κ2) is 8.84. The van der Waals surface area contributed by atoms with E-state index in [-0.39, 0.29) is 17.7 Å². The summed E-state index contributed by atoms with van der Waals surface area (Å²) in [4.78, 5) is 22.9. The molecule has 0 radical (unpaired) electrons. The third kappa shape index (κ3) is 5.97. The van der Waals surface area contributed by atoms with Crippen molar-refractivity contribution < 1.29 is 29.3 Å². The molecule has 1 aromatic carbocycles. The number of carboxylic acid groups (broad SMARTS) is 1. The first-order valence-corrected chi connectivity index (χ1v) is 6.84. The molecule has 2 N–H and O–H groups in total. The molecule has 0 aliphatic heterocycles. The summed E-state index contributed by atoms with van der Waals surface area (Å²) in [5.74, 6) is -1.98. The fourth-order valence-electron chi connectivity index (χ4n) is 1.61. The number of aliphatic hydroxyl groups excluding tert-OH is 1. The minimum Gasteiger partial charge on any atom is -0.501 e. The van der Waals surface area contributed by atoms with E-state index < -0.39 is 18.0 Å². The second-order valence-corrected chi connectivity index (χ2v) is 4.96. The summed E-state index contributed by atoms with van der Waals surface area (Å²) in [5, 5.41) is 18.7. The number of aromatic carboxylic acids is 1. The van der Waals surface area contributed by atoms with Crippen LogP contribution in [0.2, 0.25) is 0 Å². The van der Waals surface area contributed by atoms with Gasteiger partial charge in [0.2, 0.25) is 0 Å². The molecule has 0 saturated heterocycles. The maximum Gasteiger partial charge on any atom is 0.339 e. The molecule has 0 saturated carbocycles. The largest absolute Gasteiger partial charge is 0.501 e. The summed E-state index contributed by atoms with van der Waals surface area (Å²) in [6.45, 7) is 3.86. The van der Waals surface area contributed by atoms with Crippen molar-refractivity contribution in [1.29, 1.82) is 0 Å². The molecule has 22 heavy (non-hydrogen) atoms. The summed E-state index contributed by atoms with van der Waals surface area (Å²) >= 11 is 0. The number of carbonyl (C=O) groups excluding carboxylic acids is 1. The van der Waals surface area contributed by atoms with Gasteiger partial charge in [-0.25, -0.2) is 9.59 Å². The minimum absolute atomic E-state index is 0.0389. The van der Waals surface area contributed by atoms with Crippen LogP contribution < -0.4 is 0 Å². The molecule has 0 bridgehead atoms. The lowest BCUT2D eigenvalue weighted by molar-refractivity contribution is 0.0187. The van der Waals surface area contributed by atoms with Crippen LogP contribution in [0.1, 0.15) is 41.0 Å². The molecular formula is C16H20O6. The van der Waals surface area contributed by atoms with E-state index in [9.17, 15) is 14.7 Å². The van der Waals surface area contributed by atoms with Gasteiger partial charge in [0.1, 0.15) is 6.61 Å². The lowest BCUT2D eigenvalue weighted by Gasteiger charge is -2.12. The van der Waals surface area contributed by atoms with Crippen molar-refractivity contribution in [2.75, 3.05) is 13.2 Å². The topological polar surface area (TPSA) is 93.1 Å². The smallest absolute Gasteiger partial charge is 0.339 e. The van der Waals surface area contributed by atoms with Crippen LogP contribution in [0.15, 0.2) is 36.1 Å². The van der Waals surface area contributed by atoms with Gasteiger partial charge in [0.05, 0.1) is 30.1 Å². The van der Waals surface area contributed by atoms with Crippen molar-refractivity contribution >= 4 is 11.9 Å². The van der Waals surface area contributed by atoms with Crippen LogP contribution in [0.25, 0.3) is 0 Å². The summed E-state index contributed by atoms with van der Waals surface area (Å²) in [6.07, 6.45) is 1.02. The van der Waals surface area contributed by atoms with Crippen molar-refractivity contribution in [3.8, 4) is 0 Å². The average molecular weight is 308 g/mol. The molecule has 0 aliphatic rings. The SMILES string of the molecule is CC(C)=COCCC(O)COC(=O)c1ccccc1C(=O)O. The van der Waals surface area contributed by atoms with Gasteiger partial charge in [0, 0.05) is 6.42 Å². The number of carbonyl (C=O) groups is 2. The van der Waals surface area contributed by atoms with E-state index in [4.69, 9.17) is 14.6 Å². The van der Waals surface area contributed by atoms with Gasteiger partial charge in [-0.05, 0) is 31.6 Å². The lowest BCUT2D eigenvalue weighted by Crippen LogP contribution is -2.21. The average Bonchev–Trinajstić information content (AvgIpc) is 2.49. The van der Waals surface area contributed by atoms with Crippen molar-refractivity contribution in [3.05, 3.63) is 47.2 Å². The number of allylic oxidation sites excluding steroid dienone is 1. The number of carboxylic acids is 1. The molecule has 0 aliphatic carbocycles. The van der Waals surface area contributed by atoms with Crippen LogP contribution in [0.5, 0.6) is 0 Å². The Morgan fingerprint density at radius 3 is 2.45 bits per heavy atom. The summed E-state index contributed by atoms with van der Waals surface area (Å²) in [7, 11) is 0. The Morgan fingerprint density at radius 2 is 1.86 bits per heavy atom. The Morgan fingerprint density at radius 1 is 1.23 bits per heavy atom. The van der Waals surface area contributed by atoms with Gasteiger partial charge in [-0.1, -0.05) is 12.1 Å². The molecule has 6 nitrogen and oxygen atoms in total. The van der Waals surface area contributed by atoms with Crippen LogP contribution in [0.3, 0.4) is 0 Å². The molecule has 120 valence electrons. The van der Waals surface area contributed by atoms with Gasteiger partial charge >= 0.3 is 11.9 Å². The molecule has 0 fully saturated rings. The van der Waals surface area contributed by atoms with Gasteiger partial charge in [0.15, 0.2) is 0 Å². The lowest BCUT2D eigenvalue weighted by atomic mass is 10.1. The molecule has 6 heteroatoms. The maximum absolute atomic E-state index is 11.9. The highest BCUT2D eigenvalue weighted by Gasteiger charge is 2.18. The Kier molecular flexibility index (Phi) is 7.12. The normalized spacial score (nSPS) is 11.4. The zero-order valence-corrected chi connectivity index (χ0v) is 12.6. The van der Waals surface area contributed by atoms with Crippen LogP contribution >= 0.6 is 0 Å².